The summed E-state index contributed by atoms with van der Waals surface area (Å²) in [4.78, 5) is 0. The molecule has 2 unspecified atom stereocenters. The number of nitrogens with two attached hydrogens (primary N) is 1. The molecule has 0 radical (unpaired) electrons. The Bertz CT molecular complexity index is 429. The fourth-order valence-corrected chi connectivity index (χ4v) is 3.57. The van der Waals surface area contributed by atoms with E-state index in [1.165, 1.54) is 18.5 Å². The van der Waals surface area contributed by atoms with E-state index in [1.807, 2.05) is 11.7 Å². The van der Waals surface area contributed by atoms with E-state index < -0.39 is 0 Å². The lowest BCUT2D eigenvalue weighted by Crippen LogP contribution is -2.40. The highest BCUT2D eigenvalue weighted by Gasteiger charge is 2.22. The Morgan fingerprint density at radius 3 is 2.90 bits per heavy atom. The Kier molecular flexibility index (Phi) is 6.01. The second-order valence-corrected chi connectivity index (χ2v) is 6.27. The normalized spacial score (nSPS) is 21.1. The minimum absolute atomic E-state index is 0.217. The van der Waals surface area contributed by atoms with Crippen LogP contribution in [0, 0.1) is 0 Å². The molecule has 0 bridgehead atoms. The molecule has 1 aromatic heterocycles. The topological polar surface area (TPSA) is 65.1 Å². The number of hydrogen-bond donors (Lipinski definition) is 2. The largest absolute Gasteiger partial charge is 0.378 e. The average molecular weight is 345 g/mol. The van der Waals surface area contributed by atoms with Gasteiger partial charge in [0, 0.05) is 26.1 Å². The fraction of sp³-hybridized carbons (Fsp3) is 0.786. The van der Waals surface area contributed by atoms with Crippen molar-refractivity contribution in [3.8, 4) is 0 Å². The van der Waals surface area contributed by atoms with E-state index in [1.54, 1.807) is 0 Å². The van der Waals surface area contributed by atoms with Gasteiger partial charge in [-0.05, 0) is 48.0 Å². The molecule has 20 heavy (non-hydrogen) atoms. The third kappa shape index (κ3) is 3.81. The van der Waals surface area contributed by atoms with Crippen LogP contribution in [0.3, 0.4) is 0 Å². The third-order valence-electron chi connectivity index (χ3n) is 4.00. The number of rotatable bonds is 6. The first-order chi connectivity index (χ1) is 9.65. The maximum absolute atomic E-state index is 5.81. The van der Waals surface area contributed by atoms with Gasteiger partial charge in [0.2, 0.25) is 0 Å². The van der Waals surface area contributed by atoms with Crippen molar-refractivity contribution < 1.29 is 4.74 Å². The summed E-state index contributed by atoms with van der Waals surface area (Å²) in [6.07, 6.45) is 6.67. The molecule has 5 nitrogen and oxygen atoms in total. The summed E-state index contributed by atoms with van der Waals surface area (Å²) in [5.74, 6) is 5.73. The lowest BCUT2D eigenvalue weighted by atomic mass is 9.99. The van der Waals surface area contributed by atoms with Crippen molar-refractivity contribution in [1.82, 2.24) is 15.2 Å². The molecule has 6 heteroatoms. The first-order valence-corrected chi connectivity index (χ1v) is 8.23. The summed E-state index contributed by atoms with van der Waals surface area (Å²) in [6.45, 7) is 3.00. The van der Waals surface area contributed by atoms with Crippen LogP contribution >= 0.6 is 15.9 Å². The predicted molar refractivity (Wildman–Crippen MR) is 83.3 cm³/mol. The highest BCUT2D eigenvalue weighted by molar-refractivity contribution is 9.10. The van der Waals surface area contributed by atoms with Crippen molar-refractivity contribution in [2.75, 3.05) is 6.61 Å². The lowest BCUT2D eigenvalue weighted by Gasteiger charge is -2.26. The van der Waals surface area contributed by atoms with E-state index in [9.17, 15) is 0 Å². The van der Waals surface area contributed by atoms with Gasteiger partial charge >= 0.3 is 0 Å². The summed E-state index contributed by atoms with van der Waals surface area (Å²) in [5.41, 5.74) is 5.24. The van der Waals surface area contributed by atoms with Crippen LogP contribution in [0.25, 0.3) is 0 Å². The van der Waals surface area contributed by atoms with Gasteiger partial charge in [0.25, 0.3) is 0 Å². The molecule has 1 fully saturated rings. The van der Waals surface area contributed by atoms with Gasteiger partial charge < -0.3 is 4.74 Å². The van der Waals surface area contributed by atoms with Gasteiger partial charge in [-0.15, -0.1) is 0 Å². The molecular weight excluding hydrogens is 320 g/mol. The SMILES string of the molecule is CCc1nn(C)c(CC(CC2CCCCO2)NN)c1Br. The van der Waals surface area contributed by atoms with Crippen LogP contribution < -0.4 is 11.3 Å². The number of aromatic nitrogens is 2. The van der Waals surface area contributed by atoms with Gasteiger partial charge in [-0.3, -0.25) is 16.0 Å². The smallest absolute Gasteiger partial charge is 0.0766 e. The molecule has 0 saturated carbocycles. The second-order valence-electron chi connectivity index (χ2n) is 5.48. The van der Waals surface area contributed by atoms with E-state index in [2.05, 4.69) is 33.4 Å². The first kappa shape index (κ1) is 15.9. The highest BCUT2D eigenvalue weighted by atomic mass is 79.9. The van der Waals surface area contributed by atoms with Crippen LogP contribution in [0.5, 0.6) is 0 Å². The monoisotopic (exact) mass is 344 g/mol. The van der Waals surface area contributed by atoms with Crippen LogP contribution in [0.4, 0.5) is 0 Å². The number of aryl methyl sites for hydroxylation is 2. The van der Waals surface area contributed by atoms with Gasteiger partial charge in [-0.25, -0.2) is 0 Å². The number of nitrogens with zero attached hydrogens (tertiary/aromatic N) is 2. The summed E-state index contributed by atoms with van der Waals surface area (Å²) in [6, 6.07) is 0.217. The van der Waals surface area contributed by atoms with E-state index in [-0.39, 0.29) is 6.04 Å². The summed E-state index contributed by atoms with van der Waals surface area (Å²) < 4.78 is 8.88. The Morgan fingerprint density at radius 2 is 2.35 bits per heavy atom. The zero-order chi connectivity index (χ0) is 14.5. The minimum atomic E-state index is 0.217. The minimum Gasteiger partial charge on any atom is -0.378 e. The number of ether oxygens (including phenoxy) is 1. The average Bonchev–Trinajstić information content (AvgIpc) is 2.74. The van der Waals surface area contributed by atoms with E-state index in [4.69, 9.17) is 10.6 Å². The molecule has 1 saturated heterocycles. The van der Waals surface area contributed by atoms with Crippen molar-refractivity contribution in [3.63, 3.8) is 0 Å². The quantitative estimate of drug-likeness (QED) is 0.612. The van der Waals surface area contributed by atoms with Crippen LogP contribution in [-0.2, 0) is 24.6 Å². The van der Waals surface area contributed by atoms with E-state index in [0.29, 0.717) is 6.10 Å². The lowest BCUT2D eigenvalue weighted by molar-refractivity contribution is 0.00513. The van der Waals surface area contributed by atoms with Crippen molar-refractivity contribution in [2.24, 2.45) is 12.9 Å². The van der Waals surface area contributed by atoms with Gasteiger partial charge in [-0.2, -0.15) is 5.10 Å². The Morgan fingerprint density at radius 1 is 1.55 bits per heavy atom. The first-order valence-electron chi connectivity index (χ1n) is 7.43. The molecule has 1 aliphatic heterocycles. The standard InChI is InChI=1S/C14H25BrN4O/c1-3-12-14(15)13(19(2)18-12)9-10(17-16)8-11-6-4-5-7-20-11/h10-11,17H,3-9,16H2,1-2H3. The molecular formula is C14H25BrN4O. The number of hydrazine groups is 1. The Labute approximate surface area is 129 Å². The Hall–Kier alpha value is -0.430. The van der Waals surface area contributed by atoms with Crippen LogP contribution in [0.15, 0.2) is 4.47 Å². The highest BCUT2D eigenvalue weighted by Crippen LogP contribution is 2.24. The molecule has 0 aromatic carbocycles. The van der Waals surface area contributed by atoms with Crippen LogP contribution in [0.1, 0.15) is 44.0 Å². The Balaban J connectivity index is 2.00. The molecule has 1 aliphatic rings. The maximum Gasteiger partial charge on any atom is 0.0766 e. The van der Waals surface area contributed by atoms with Gasteiger partial charge in [0.1, 0.15) is 0 Å². The molecule has 114 valence electrons. The molecule has 1 aromatic rings. The number of nitrogens with one attached hydrogen (secondary N) is 1. The molecule has 0 spiro atoms. The van der Waals surface area contributed by atoms with E-state index in [0.717, 1.165) is 42.5 Å². The van der Waals surface area contributed by atoms with Gasteiger partial charge in [0.15, 0.2) is 0 Å². The van der Waals surface area contributed by atoms with Crippen LogP contribution in [-0.4, -0.2) is 28.5 Å². The van der Waals surface area contributed by atoms with Crippen LogP contribution in [0.2, 0.25) is 0 Å². The number of halogens is 1. The van der Waals surface area contributed by atoms with Crippen molar-refractivity contribution in [1.29, 1.82) is 0 Å². The molecule has 0 amide bonds. The van der Waals surface area contributed by atoms with Crippen molar-refractivity contribution >= 4 is 15.9 Å². The molecule has 0 aliphatic carbocycles. The number of hydrogen-bond acceptors (Lipinski definition) is 4. The molecule has 3 N–H and O–H groups in total. The zero-order valence-corrected chi connectivity index (χ0v) is 13.9. The fourth-order valence-electron chi connectivity index (χ4n) is 2.80. The van der Waals surface area contributed by atoms with Crippen molar-refractivity contribution in [3.05, 3.63) is 15.9 Å². The maximum atomic E-state index is 5.81. The zero-order valence-electron chi connectivity index (χ0n) is 12.4. The summed E-state index contributed by atoms with van der Waals surface area (Å²) in [5, 5.41) is 4.53. The van der Waals surface area contributed by atoms with Gasteiger partial charge in [-0.1, -0.05) is 6.92 Å². The third-order valence-corrected chi connectivity index (χ3v) is 4.92. The molecule has 2 atom stereocenters. The van der Waals surface area contributed by atoms with E-state index >= 15 is 0 Å². The predicted octanol–water partition coefficient (Wildman–Crippen LogP) is 2.08. The molecule has 2 heterocycles. The van der Waals surface area contributed by atoms with Gasteiger partial charge in [0.05, 0.1) is 22.0 Å². The summed E-state index contributed by atoms with van der Waals surface area (Å²) >= 11 is 3.66. The summed E-state index contributed by atoms with van der Waals surface area (Å²) in [7, 11) is 1.99. The second kappa shape index (κ2) is 7.54. The molecule has 2 rings (SSSR count). The van der Waals surface area contributed by atoms with Crippen molar-refractivity contribution in [2.45, 2.75) is 57.6 Å².